The van der Waals surface area contributed by atoms with Crippen molar-refractivity contribution in [1.82, 2.24) is 4.90 Å². The summed E-state index contributed by atoms with van der Waals surface area (Å²) < 4.78 is 0. The van der Waals surface area contributed by atoms with E-state index in [4.69, 9.17) is 5.11 Å². The molecule has 1 aliphatic heterocycles. The predicted octanol–water partition coefficient (Wildman–Crippen LogP) is 2.36. The first kappa shape index (κ1) is 16.5. The molecule has 1 aromatic carbocycles. The van der Waals surface area contributed by atoms with Gasteiger partial charge in [0.05, 0.1) is 17.2 Å². The summed E-state index contributed by atoms with van der Waals surface area (Å²) in [6.45, 7) is 2.00. The number of carboxylic acid groups (broad SMARTS) is 1. The van der Waals surface area contributed by atoms with Crippen LogP contribution in [0.15, 0.2) is 24.3 Å². The van der Waals surface area contributed by atoms with Gasteiger partial charge in [-0.05, 0) is 50.7 Å². The second-order valence-electron chi connectivity index (χ2n) is 6.72. The molecule has 0 radical (unpaired) electrons. The Morgan fingerprint density at radius 1 is 1.21 bits per heavy atom. The molecule has 0 aromatic heterocycles. The standard InChI is InChI=1S/C18H22N2O4/c1-11(12-6-8-13(9-7-12)18(23)24)20-10-16(21)19-15-5-3-2-4-14(15)17(20)22/h2-5,11-13H,6-10H2,1H3,(H,19,21)(H,23,24). The van der Waals surface area contributed by atoms with Crippen LogP contribution in [-0.4, -0.2) is 40.4 Å². The monoisotopic (exact) mass is 330 g/mol. The number of anilines is 1. The smallest absolute Gasteiger partial charge is 0.306 e. The summed E-state index contributed by atoms with van der Waals surface area (Å²) in [4.78, 5) is 37.8. The average Bonchev–Trinajstić information content (AvgIpc) is 2.71. The number of hydrogen-bond acceptors (Lipinski definition) is 3. The molecule has 1 saturated carbocycles. The van der Waals surface area contributed by atoms with Crippen molar-refractivity contribution in [2.45, 2.75) is 38.6 Å². The SMILES string of the molecule is CC(C1CCC(C(=O)O)CC1)N1CC(=O)Nc2ccccc2C1=O. The minimum absolute atomic E-state index is 0.0353. The fraction of sp³-hybridized carbons (Fsp3) is 0.500. The number of aliphatic carboxylic acids is 1. The molecule has 2 amide bonds. The van der Waals surface area contributed by atoms with E-state index in [9.17, 15) is 14.4 Å². The van der Waals surface area contributed by atoms with Crippen LogP contribution in [0.5, 0.6) is 0 Å². The number of nitrogens with zero attached hydrogens (tertiary/aromatic N) is 1. The molecular formula is C18H22N2O4. The van der Waals surface area contributed by atoms with E-state index >= 15 is 0 Å². The van der Waals surface area contributed by atoms with Crippen molar-refractivity contribution in [3.8, 4) is 0 Å². The van der Waals surface area contributed by atoms with Gasteiger partial charge in [0.2, 0.25) is 5.91 Å². The number of fused-ring (bicyclic) bond motifs is 1. The normalized spacial score (nSPS) is 25.5. The van der Waals surface area contributed by atoms with Gasteiger partial charge in [-0.2, -0.15) is 0 Å². The number of carboxylic acids is 1. The van der Waals surface area contributed by atoms with E-state index in [0.717, 1.165) is 12.8 Å². The minimum atomic E-state index is -0.736. The molecule has 6 nitrogen and oxygen atoms in total. The summed E-state index contributed by atoms with van der Waals surface area (Å²) in [5.74, 6) is -1.13. The average molecular weight is 330 g/mol. The molecular weight excluding hydrogens is 308 g/mol. The van der Waals surface area contributed by atoms with Crippen LogP contribution in [0.3, 0.4) is 0 Å². The molecule has 0 spiro atoms. The van der Waals surface area contributed by atoms with Crippen LogP contribution >= 0.6 is 0 Å². The van der Waals surface area contributed by atoms with E-state index in [1.165, 1.54) is 0 Å². The quantitative estimate of drug-likeness (QED) is 0.891. The van der Waals surface area contributed by atoms with Crippen molar-refractivity contribution >= 4 is 23.5 Å². The second-order valence-corrected chi connectivity index (χ2v) is 6.72. The molecule has 2 N–H and O–H groups in total. The maximum absolute atomic E-state index is 12.9. The third-order valence-corrected chi connectivity index (χ3v) is 5.30. The molecule has 0 bridgehead atoms. The molecule has 0 saturated heterocycles. The van der Waals surface area contributed by atoms with Crippen LogP contribution < -0.4 is 5.32 Å². The van der Waals surface area contributed by atoms with Gasteiger partial charge >= 0.3 is 5.97 Å². The van der Waals surface area contributed by atoms with Crippen LogP contribution in [0.1, 0.15) is 43.0 Å². The Labute approximate surface area is 140 Å². The number of para-hydroxylation sites is 1. The zero-order valence-electron chi connectivity index (χ0n) is 13.7. The number of nitrogens with one attached hydrogen (secondary N) is 1. The summed E-state index contributed by atoms with van der Waals surface area (Å²) in [5.41, 5.74) is 1.06. The molecule has 1 unspecified atom stereocenters. The summed E-state index contributed by atoms with van der Waals surface area (Å²) >= 11 is 0. The van der Waals surface area contributed by atoms with Crippen LogP contribution in [0, 0.1) is 11.8 Å². The number of benzene rings is 1. The number of hydrogen-bond donors (Lipinski definition) is 2. The topological polar surface area (TPSA) is 86.7 Å². The highest BCUT2D eigenvalue weighted by atomic mass is 16.4. The summed E-state index contributed by atoms with van der Waals surface area (Å²) in [5, 5.41) is 11.9. The maximum atomic E-state index is 12.9. The van der Waals surface area contributed by atoms with E-state index in [0.29, 0.717) is 24.1 Å². The predicted molar refractivity (Wildman–Crippen MR) is 88.7 cm³/mol. The van der Waals surface area contributed by atoms with Crippen molar-refractivity contribution in [3.05, 3.63) is 29.8 Å². The molecule has 1 heterocycles. The maximum Gasteiger partial charge on any atom is 0.306 e. The molecule has 1 aliphatic carbocycles. The Kier molecular flexibility index (Phi) is 4.55. The van der Waals surface area contributed by atoms with Gasteiger partial charge in [-0.3, -0.25) is 14.4 Å². The number of carbonyl (C=O) groups is 3. The van der Waals surface area contributed by atoms with E-state index in [1.807, 2.05) is 6.92 Å². The number of rotatable bonds is 3. The molecule has 2 aliphatic rings. The highest BCUT2D eigenvalue weighted by molar-refractivity contribution is 6.08. The van der Waals surface area contributed by atoms with Gasteiger partial charge < -0.3 is 15.3 Å². The number of carbonyl (C=O) groups excluding carboxylic acids is 2. The molecule has 1 fully saturated rings. The Morgan fingerprint density at radius 3 is 2.54 bits per heavy atom. The highest BCUT2D eigenvalue weighted by Crippen LogP contribution is 2.34. The first-order chi connectivity index (χ1) is 11.5. The minimum Gasteiger partial charge on any atom is -0.481 e. The van der Waals surface area contributed by atoms with E-state index in [2.05, 4.69) is 5.32 Å². The first-order valence-electron chi connectivity index (χ1n) is 8.40. The van der Waals surface area contributed by atoms with Crippen molar-refractivity contribution in [2.75, 3.05) is 11.9 Å². The Bertz CT molecular complexity index is 665. The van der Waals surface area contributed by atoms with Crippen LogP contribution in [0.25, 0.3) is 0 Å². The van der Waals surface area contributed by atoms with Crippen molar-refractivity contribution < 1.29 is 19.5 Å². The largest absolute Gasteiger partial charge is 0.481 e. The lowest BCUT2D eigenvalue weighted by molar-refractivity contribution is -0.143. The highest BCUT2D eigenvalue weighted by Gasteiger charge is 2.35. The third kappa shape index (κ3) is 3.13. The lowest BCUT2D eigenvalue weighted by Gasteiger charge is -2.36. The molecule has 6 heteroatoms. The van der Waals surface area contributed by atoms with Gasteiger partial charge in [-0.15, -0.1) is 0 Å². The van der Waals surface area contributed by atoms with Crippen molar-refractivity contribution in [3.63, 3.8) is 0 Å². The fourth-order valence-electron chi connectivity index (χ4n) is 3.78. The van der Waals surface area contributed by atoms with Gasteiger partial charge in [0.15, 0.2) is 0 Å². The summed E-state index contributed by atoms with van der Waals surface area (Å²) in [6.07, 6.45) is 2.81. The molecule has 128 valence electrons. The van der Waals surface area contributed by atoms with Crippen LogP contribution in [-0.2, 0) is 9.59 Å². The van der Waals surface area contributed by atoms with Crippen molar-refractivity contribution in [1.29, 1.82) is 0 Å². The molecule has 1 aromatic rings. The molecule has 24 heavy (non-hydrogen) atoms. The lowest BCUT2D eigenvalue weighted by Crippen LogP contribution is -2.46. The molecule has 3 rings (SSSR count). The van der Waals surface area contributed by atoms with E-state index in [-0.39, 0.29) is 36.2 Å². The Morgan fingerprint density at radius 2 is 1.88 bits per heavy atom. The fourth-order valence-corrected chi connectivity index (χ4v) is 3.78. The zero-order valence-corrected chi connectivity index (χ0v) is 13.7. The van der Waals surface area contributed by atoms with E-state index in [1.54, 1.807) is 29.2 Å². The third-order valence-electron chi connectivity index (χ3n) is 5.30. The van der Waals surface area contributed by atoms with Gasteiger partial charge in [-0.25, -0.2) is 0 Å². The Hall–Kier alpha value is -2.37. The van der Waals surface area contributed by atoms with Crippen molar-refractivity contribution in [2.24, 2.45) is 11.8 Å². The zero-order chi connectivity index (χ0) is 17.3. The Balaban J connectivity index is 1.77. The first-order valence-corrected chi connectivity index (χ1v) is 8.40. The summed E-state index contributed by atoms with van der Waals surface area (Å²) in [6, 6.07) is 6.94. The second kappa shape index (κ2) is 6.63. The van der Waals surface area contributed by atoms with Gasteiger partial charge in [0.25, 0.3) is 5.91 Å². The van der Waals surface area contributed by atoms with E-state index < -0.39 is 5.97 Å². The van der Waals surface area contributed by atoms with Gasteiger partial charge in [-0.1, -0.05) is 12.1 Å². The van der Waals surface area contributed by atoms with Crippen LogP contribution in [0.4, 0.5) is 5.69 Å². The lowest BCUT2D eigenvalue weighted by atomic mass is 9.78. The van der Waals surface area contributed by atoms with Gasteiger partial charge in [0, 0.05) is 6.04 Å². The molecule has 1 atom stereocenters. The van der Waals surface area contributed by atoms with Crippen LogP contribution in [0.2, 0.25) is 0 Å². The summed E-state index contributed by atoms with van der Waals surface area (Å²) in [7, 11) is 0. The van der Waals surface area contributed by atoms with Gasteiger partial charge in [0.1, 0.15) is 6.54 Å². The number of amides is 2.